The van der Waals surface area contributed by atoms with Gasteiger partial charge in [-0.05, 0) is 44.8 Å². The molecular formula is C20H21ClN4. The molecule has 2 aromatic carbocycles. The average molecular weight is 353 g/mol. The first-order valence-electron chi connectivity index (χ1n) is 8.50. The number of halogens is 1. The molecule has 4 nitrogen and oxygen atoms in total. The molecule has 0 aliphatic rings. The SMILES string of the molecule is CCC(N(C)C)n1c2ccccc2n2cc(-c3ccc(Cl)cc3)nc12. The van der Waals surface area contributed by atoms with E-state index in [1.54, 1.807) is 0 Å². The Balaban J connectivity index is 1.99. The molecule has 25 heavy (non-hydrogen) atoms. The first kappa shape index (κ1) is 16.2. The first-order valence-corrected chi connectivity index (χ1v) is 8.88. The van der Waals surface area contributed by atoms with E-state index in [0.29, 0.717) is 0 Å². The molecule has 1 unspecified atom stereocenters. The summed E-state index contributed by atoms with van der Waals surface area (Å²) in [5.41, 5.74) is 4.40. The van der Waals surface area contributed by atoms with Crippen LogP contribution in [0.4, 0.5) is 0 Å². The zero-order valence-corrected chi connectivity index (χ0v) is 15.4. The summed E-state index contributed by atoms with van der Waals surface area (Å²) in [4.78, 5) is 7.20. The number of rotatable bonds is 4. The van der Waals surface area contributed by atoms with Crippen molar-refractivity contribution in [2.24, 2.45) is 0 Å². The molecule has 128 valence electrons. The van der Waals surface area contributed by atoms with Crippen LogP contribution in [0.3, 0.4) is 0 Å². The van der Waals surface area contributed by atoms with E-state index in [1.165, 1.54) is 11.0 Å². The Morgan fingerprint density at radius 3 is 2.36 bits per heavy atom. The fourth-order valence-electron chi connectivity index (χ4n) is 3.53. The molecule has 2 heterocycles. The summed E-state index contributed by atoms with van der Waals surface area (Å²) in [6, 6.07) is 16.3. The molecule has 0 radical (unpaired) electrons. The number of nitrogens with zero attached hydrogens (tertiary/aromatic N) is 4. The third kappa shape index (κ3) is 2.62. The van der Waals surface area contributed by atoms with Crippen LogP contribution < -0.4 is 0 Å². The minimum Gasteiger partial charge on any atom is -0.293 e. The summed E-state index contributed by atoms with van der Waals surface area (Å²) < 4.78 is 4.51. The van der Waals surface area contributed by atoms with Crippen LogP contribution in [-0.4, -0.2) is 32.9 Å². The van der Waals surface area contributed by atoms with E-state index in [1.807, 2.05) is 24.3 Å². The standard InChI is InChI=1S/C20H21ClN4/c1-4-19(23(2)3)25-18-8-6-5-7-17(18)24-13-16(22-20(24)25)14-9-11-15(21)12-10-14/h5-13,19H,4H2,1-3H3. The Morgan fingerprint density at radius 1 is 1.04 bits per heavy atom. The van der Waals surface area contributed by atoms with Crippen LogP contribution in [-0.2, 0) is 0 Å². The predicted molar refractivity (Wildman–Crippen MR) is 104 cm³/mol. The van der Waals surface area contributed by atoms with Gasteiger partial charge in [-0.1, -0.05) is 42.8 Å². The molecule has 0 bridgehead atoms. The number of fused-ring (bicyclic) bond motifs is 3. The van der Waals surface area contributed by atoms with Crippen molar-refractivity contribution in [1.82, 2.24) is 18.9 Å². The lowest BCUT2D eigenvalue weighted by molar-refractivity contribution is 0.219. The minimum atomic E-state index is 0.253. The molecule has 1 atom stereocenters. The minimum absolute atomic E-state index is 0.253. The normalized spacial score (nSPS) is 13.2. The second-order valence-corrected chi connectivity index (χ2v) is 6.95. The van der Waals surface area contributed by atoms with E-state index in [9.17, 15) is 0 Å². The molecule has 0 fully saturated rings. The van der Waals surface area contributed by atoms with Crippen molar-refractivity contribution < 1.29 is 0 Å². The van der Waals surface area contributed by atoms with E-state index in [4.69, 9.17) is 16.6 Å². The van der Waals surface area contributed by atoms with Crippen LogP contribution in [0.2, 0.25) is 5.02 Å². The predicted octanol–water partition coefficient (Wildman–Crippen LogP) is 5.08. The maximum absolute atomic E-state index is 6.02. The number of aromatic nitrogens is 3. The highest BCUT2D eigenvalue weighted by Gasteiger charge is 2.21. The highest BCUT2D eigenvalue weighted by molar-refractivity contribution is 6.30. The maximum Gasteiger partial charge on any atom is 0.216 e. The van der Waals surface area contributed by atoms with Gasteiger partial charge in [0.1, 0.15) is 0 Å². The topological polar surface area (TPSA) is 25.5 Å². The van der Waals surface area contributed by atoms with Gasteiger partial charge in [-0.15, -0.1) is 0 Å². The van der Waals surface area contributed by atoms with Crippen LogP contribution >= 0.6 is 11.6 Å². The third-order valence-corrected chi connectivity index (χ3v) is 4.95. The summed E-state index contributed by atoms with van der Waals surface area (Å²) in [7, 11) is 4.23. The molecule has 0 aliphatic carbocycles. The molecule has 0 amide bonds. The lowest BCUT2D eigenvalue weighted by Gasteiger charge is -2.25. The van der Waals surface area contributed by atoms with Gasteiger partial charge in [-0.25, -0.2) is 4.98 Å². The van der Waals surface area contributed by atoms with Gasteiger partial charge >= 0.3 is 0 Å². The third-order valence-electron chi connectivity index (χ3n) is 4.70. The summed E-state index contributed by atoms with van der Waals surface area (Å²) in [5.74, 6) is 0.965. The van der Waals surface area contributed by atoms with Gasteiger partial charge < -0.3 is 0 Å². The second-order valence-electron chi connectivity index (χ2n) is 6.51. The van der Waals surface area contributed by atoms with Crippen LogP contribution in [0.15, 0.2) is 54.7 Å². The summed E-state index contributed by atoms with van der Waals surface area (Å²) in [6.07, 6.45) is 3.37. The first-order chi connectivity index (χ1) is 12.1. The monoisotopic (exact) mass is 352 g/mol. The van der Waals surface area contributed by atoms with Crippen LogP contribution in [0, 0.1) is 0 Å². The highest BCUT2D eigenvalue weighted by atomic mass is 35.5. The largest absolute Gasteiger partial charge is 0.293 e. The van der Waals surface area contributed by atoms with Gasteiger partial charge in [-0.3, -0.25) is 13.9 Å². The molecule has 0 N–H and O–H groups in total. The van der Waals surface area contributed by atoms with Gasteiger partial charge in [0.2, 0.25) is 5.78 Å². The van der Waals surface area contributed by atoms with Crippen molar-refractivity contribution >= 4 is 28.4 Å². The average Bonchev–Trinajstić information content (AvgIpc) is 3.15. The maximum atomic E-state index is 6.02. The zero-order valence-electron chi connectivity index (χ0n) is 14.6. The Bertz CT molecular complexity index is 1030. The summed E-state index contributed by atoms with van der Waals surface area (Å²) >= 11 is 6.02. The molecule has 0 saturated heterocycles. The number of benzene rings is 2. The lowest BCUT2D eigenvalue weighted by Crippen LogP contribution is -2.25. The molecule has 0 saturated carbocycles. The zero-order chi connectivity index (χ0) is 17.6. The summed E-state index contributed by atoms with van der Waals surface area (Å²) in [5, 5.41) is 0.737. The molecular weight excluding hydrogens is 332 g/mol. The second kappa shape index (κ2) is 6.21. The van der Waals surface area contributed by atoms with Gasteiger partial charge in [0.25, 0.3) is 0 Å². The van der Waals surface area contributed by atoms with Crippen LogP contribution in [0.1, 0.15) is 19.5 Å². The van der Waals surface area contributed by atoms with Gasteiger partial charge in [-0.2, -0.15) is 0 Å². The smallest absolute Gasteiger partial charge is 0.216 e. The fraction of sp³-hybridized carbons (Fsp3) is 0.250. The fourth-order valence-corrected chi connectivity index (χ4v) is 3.66. The van der Waals surface area contributed by atoms with Crippen molar-refractivity contribution in [3.63, 3.8) is 0 Å². The van der Waals surface area contributed by atoms with Gasteiger partial charge in [0.15, 0.2) is 0 Å². The van der Waals surface area contributed by atoms with E-state index < -0.39 is 0 Å². The quantitative estimate of drug-likeness (QED) is 0.511. The number of para-hydroxylation sites is 2. The van der Waals surface area contributed by atoms with E-state index >= 15 is 0 Å². The summed E-state index contributed by atoms with van der Waals surface area (Å²) in [6.45, 7) is 2.21. The van der Waals surface area contributed by atoms with Crippen molar-refractivity contribution in [1.29, 1.82) is 0 Å². The lowest BCUT2D eigenvalue weighted by atomic mass is 10.2. The Kier molecular flexibility index (Phi) is 4.02. The van der Waals surface area contributed by atoms with Gasteiger partial charge in [0.05, 0.1) is 22.9 Å². The van der Waals surface area contributed by atoms with E-state index in [2.05, 4.69) is 65.3 Å². The van der Waals surface area contributed by atoms with Crippen molar-refractivity contribution in [2.75, 3.05) is 14.1 Å². The Labute approximate surface area is 152 Å². The highest BCUT2D eigenvalue weighted by Crippen LogP contribution is 2.30. The van der Waals surface area contributed by atoms with Crippen molar-refractivity contribution in [2.45, 2.75) is 19.5 Å². The van der Waals surface area contributed by atoms with Crippen LogP contribution in [0.5, 0.6) is 0 Å². The molecule has 5 heteroatoms. The van der Waals surface area contributed by atoms with Crippen molar-refractivity contribution in [3.05, 3.63) is 59.8 Å². The molecule has 4 rings (SSSR count). The molecule has 4 aromatic rings. The van der Waals surface area contributed by atoms with E-state index in [0.717, 1.165) is 28.5 Å². The number of hydrogen-bond acceptors (Lipinski definition) is 2. The van der Waals surface area contributed by atoms with Crippen LogP contribution in [0.25, 0.3) is 28.1 Å². The Hall–Kier alpha value is -2.30. The molecule has 0 spiro atoms. The van der Waals surface area contributed by atoms with Gasteiger partial charge in [0, 0.05) is 16.8 Å². The number of imidazole rings is 2. The molecule has 2 aromatic heterocycles. The Morgan fingerprint density at radius 2 is 1.72 bits per heavy atom. The number of hydrogen-bond donors (Lipinski definition) is 0. The molecule has 0 aliphatic heterocycles. The van der Waals surface area contributed by atoms with E-state index in [-0.39, 0.29) is 6.17 Å². The van der Waals surface area contributed by atoms with Crippen molar-refractivity contribution in [3.8, 4) is 11.3 Å².